The smallest absolute Gasteiger partial charge is 0.252 e. The summed E-state index contributed by atoms with van der Waals surface area (Å²) in [6.07, 6.45) is 1.39. The number of aromatic nitrogens is 3. The number of fused-ring (bicyclic) bond motifs is 1. The molecule has 1 atom stereocenters. The van der Waals surface area contributed by atoms with Crippen LogP contribution in [0.4, 0.5) is 0 Å². The van der Waals surface area contributed by atoms with E-state index in [-0.39, 0.29) is 11.3 Å². The summed E-state index contributed by atoms with van der Waals surface area (Å²) in [5, 5.41) is 31.6. The number of H-pyrrole nitrogens is 1. The molecule has 0 radical (unpaired) electrons. The van der Waals surface area contributed by atoms with Crippen LogP contribution in [0.5, 0.6) is 0 Å². The number of para-hydroxylation sites is 2. The van der Waals surface area contributed by atoms with Crippen LogP contribution in [0.25, 0.3) is 16.6 Å². The average molecular weight is 338 g/mol. The minimum atomic E-state index is -0.476. The molecule has 3 rings (SSSR count). The number of nitrogens with one attached hydrogen (secondary N) is 1. The maximum Gasteiger partial charge on any atom is 0.252 e. The van der Waals surface area contributed by atoms with Crippen molar-refractivity contribution >= 4 is 28.4 Å². The molecule has 0 spiro atoms. The highest BCUT2D eigenvalue weighted by Gasteiger charge is 2.21. The molecule has 0 amide bonds. The first-order valence-electron chi connectivity index (χ1n) is 7.23. The number of aliphatic hydroxyl groups excluding tert-OH is 1. The Kier molecular flexibility index (Phi) is 4.40. The Labute approximate surface area is 142 Å². The molecule has 3 aromatic rings. The first-order valence-corrected chi connectivity index (χ1v) is 8.11. The van der Waals surface area contributed by atoms with Crippen molar-refractivity contribution in [2.75, 3.05) is 0 Å². The second kappa shape index (κ2) is 6.64. The first kappa shape index (κ1) is 15.9. The van der Waals surface area contributed by atoms with Crippen molar-refractivity contribution < 1.29 is 9.84 Å². The van der Waals surface area contributed by atoms with Crippen molar-refractivity contribution in [2.45, 2.75) is 17.2 Å². The van der Waals surface area contributed by atoms with Crippen molar-refractivity contribution in [3.05, 3.63) is 65.5 Å². The van der Waals surface area contributed by atoms with Crippen LogP contribution in [0.15, 0.2) is 59.4 Å². The molecular weight excluding hydrogens is 324 g/mol. The van der Waals surface area contributed by atoms with Gasteiger partial charge in [-0.15, -0.1) is 0 Å². The number of hydrogen-bond acceptors (Lipinski definition) is 5. The van der Waals surface area contributed by atoms with Gasteiger partial charge in [0.1, 0.15) is 17.4 Å². The van der Waals surface area contributed by atoms with Crippen LogP contribution in [0.3, 0.4) is 0 Å². The average Bonchev–Trinajstić information content (AvgIpc) is 3.01. The van der Waals surface area contributed by atoms with Crippen LogP contribution in [-0.2, 0) is 0 Å². The lowest BCUT2D eigenvalue weighted by atomic mass is 10.2. The molecule has 7 heteroatoms. The fourth-order valence-electron chi connectivity index (χ4n) is 2.25. The van der Waals surface area contributed by atoms with Crippen LogP contribution in [0.1, 0.15) is 12.7 Å². The molecule has 1 unspecified atom stereocenters. The summed E-state index contributed by atoms with van der Waals surface area (Å²) in [4.78, 5) is 7.37. The molecular formula is C17H14N4O2S. The summed E-state index contributed by atoms with van der Waals surface area (Å²) in [5.41, 5.74) is 1.57. The Morgan fingerprint density at radius 3 is 2.79 bits per heavy atom. The summed E-state index contributed by atoms with van der Waals surface area (Å²) in [7, 11) is 0. The molecule has 2 aromatic heterocycles. The molecule has 24 heavy (non-hydrogen) atoms. The van der Waals surface area contributed by atoms with E-state index in [1.54, 1.807) is 25.1 Å². The predicted octanol–water partition coefficient (Wildman–Crippen LogP) is 3.17. The highest BCUT2D eigenvalue weighted by Crippen LogP contribution is 2.28. The second-order valence-corrected chi connectivity index (χ2v) is 6.46. The Hall–Kier alpha value is -2.98. The third-order valence-electron chi connectivity index (χ3n) is 3.47. The van der Waals surface area contributed by atoms with Gasteiger partial charge in [0.25, 0.3) is 5.03 Å². The molecule has 120 valence electrons. The number of aliphatic hydroxyl groups is 1. The fourth-order valence-corrected chi connectivity index (χ4v) is 3.16. The Morgan fingerprint density at radius 2 is 2.08 bits per heavy atom. The minimum Gasteiger partial charge on any atom is -0.618 e. The van der Waals surface area contributed by atoms with E-state index < -0.39 is 5.25 Å². The standard InChI is InChI=1S/C17H14N4O2S/c1-11(24-15-8-4-5-9-21(15)23)16(22)12(10-18)17-19-13-6-2-3-7-14(13)20-17/h2-9,11,22H,1H3,(H,19,20)/b16-12-. The molecule has 6 nitrogen and oxygen atoms in total. The van der Waals surface area contributed by atoms with E-state index >= 15 is 0 Å². The number of nitriles is 1. The van der Waals surface area contributed by atoms with E-state index in [0.29, 0.717) is 16.4 Å². The fraction of sp³-hybridized carbons (Fsp3) is 0.118. The normalized spacial score (nSPS) is 13.3. The highest BCUT2D eigenvalue weighted by atomic mass is 32.2. The highest BCUT2D eigenvalue weighted by molar-refractivity contribution is 7.99. The van der Waals surface area contributed by atoms with Gasteiger partial charge in [0.15, 0.2) is 12.0 Å². The van der Waals surface area contributed by atoms with Crippen LogP contribution in [0, 0.1) is 16.5 Å². The van der Waals surface area contributed by atoms with Crippen molar-refractivity contribution in [3.8, 4) is 6.07 Å². The van der Waals surface area contributed by atoms with Gasteiger partial charge in [-0.1, -0.05) is 12.1 Å². The largest absolute Gasteiger partial charge is 0.618 e. The molecule has 2 heterocycles. The Bertz CT molecular complexity index is 925. The van der Waals surface area contributed by atoms with E-state index in [0.717, 1.165) is 10.2 Å². The number of imidazole rings is 1. The molecule has 0 aliphatic heterocycles. The number of rotatable bonds is 4. The summed E-state index contributed by atoms with van der Waals surface area (Å²) < 4.78 is 0.724. The van der Waals surface area contributed by atoms with Gasteiger partial charge in [-0.3, -0.25) is 0 Å². The summed E-state index contributed by atoms with van der Waals surface area (Å²) in [5.74, 6) is 0.192. The number of pyridine rings is 1. The zero-order valence-electron chi connectivity index (χ0n) is 12.8. The van der Waals surface area contributed by atoms with E-state index in [4.69, 9.17) is 0 Å². The van der Waals surface area contributed by atoms with Gasteiger partial charge in [0.05, 0.1) is 16.3 Å². The van der Waals surface area contributed by atoms with E-state index in [1.807, 2.05) is 30.3 Å². The number of aromatic amines is 1. The monoisotopic (exact) mass is 338 g/mol. The quantitative estimate of drug-likeness (QED) is 0.250. The van der Waals surface area contributed by atoms with Gasteiger partial charge in [-0.05, 0) is 36.9 Å². The zero-order chi connectivity index (χ0) is 17.1. The molecule has 0 bridgehead atoms. The van der Waals surface area contributed by atoms with E-state index in [1.165, 1.54) is 18.0 Å². The van der Waals surface area contributed by atoms with E-state index in [9.17, 15) is 15.6 Å². The summed E-state index contributed by atoms with van der Waals surface area (Å²) >= 11 is 1.17. The molecule has 0 aliphatic carbocycles. The van der Waals surface area contributed by atoms with Crippen LogP contribution < -0.4 is 4.73 Å². The lowest BCUT2D eigenvalue weighted by molar-refractivity contribution is -0.645. The van der Waals surface area contributed by atoms with Gasteiger partial charge in [-0.2, -0.15) is 9.99 Å². The Balaban J connectivity index is 1.95. The summed E-state index contributed by atoms with van der Waals surface area (Å²) in [6, 6.07) is 14.4. The van der Waals surface area contributed by atoms with E-state index in [2.05, 4.69) is 9.97 Å². The van der Waals surface area contributed by atoms with Crippen molar-refractivity contribution in [1.82, 2.24) is 9.97 Å². The Morgan fingerprint density at radius 1 is 1.33 bits per heavy atom. The molecule has 1 aromatic carbocycles. The number of nitrogens with zero attached hydrogens (tertiary/aromatic N) is 3. The lowest BCUT2D eigenvalue weighted by Gasteiger charge is -2.11. The lowest BCUT2D eigenvalue weighted by Crippen LogP contribution is -2.28. The number of benzene rings is 1. The first-order chi connectivity index (χ1) is 11.6. The van der Waals surface area contributed by atoms with Crippen molar-refractivity contribution in [3.63, 3.8) is 0 Å². The predicted molar refractivity (Wildman–Crippen MR) is 92.0 cm³/mol. The molecule has 0 fully saturated rings. The zero-order valence-corrected chi connectivity index (χ0v) is 13.6. The number of allylic oxidation sites excluding steroid dienone is 1. The van der Waals surface area contributed by atoms with Crippen LogP contribution in [0.2, 0.25) is 0 Å². The summed E-state index contributed by atoms with van der Waals surface area (Å²) in [6.45, 7) is 1.73. The topological polar surface area (TPSA) is 99.6 Å². The van der Waals surface area contributed by atoms with Crippen molar-refractivity contribution in [1.29, 1.82) is 5.26 Å². The molecule has 0 saturated heterocycles. The minimum absolute atomic E-state index is 0.0691. The third kappa shape index (κ3) is 3.05. The van der Waals surface area contributed by atoms with Crippen LogP contribution in [-0.4, -0.2) is 20.3 Å². The van der Waals surface area contributed by atoms with Crippen molar-refractivity contribution in [2.24, 2.45) is 0 Å². The number of hydrogen-bond donors (Lipinski definition) is 2. The van der Waals surface area contributed by atoms with Crippen LogP contribution >= 0.6 is 11.8 Å². The third-order valence-corrected chi connectivity index (χ3v) is 4.60. The maximum absolute atomic E-state index is 11.7. The van der Waals surface area contributed by atoms with Gasteiger partial charge < -0.3 is 15.3 Å². The van der Waals surface area contributed by atoms with Gasteiger partial charge >= 0.3 is 0 Å². The number of thioether (sulfide) groups is 1. The maximum atomic E-state index is 11.7. The van der Waals surface area contributed by atoms with Gasteiger partial charge in [0.2, 0.25) is 0 Å². The van der Waals surface area contributed by atoms with Gasteiger partial charge in [-0.25, -0.2) is 4.98 Å². The molecule has 2 N–H and O–H groups in total. The van der Waals surface area contributed by atoms with Gasteiger partial charge in [0, 0.05) is 12.1 Å². The second-order valence-electron chi connectivity index (χ2n) is 5.10. The molecule has 0 saturated carbocycles. The molecule has 0 aliphatic rings. The SMILES string of the molecule is CC(Sc1cccc[n+]1[O-])/C(O)=C(\C#N)c1nc2ccccc2[nH]1.